The van der Waals surface area contributed by atoms with Gasteiger partial charge in [-0.05, 0) is 42.5 Å². The Kier molecular flexibility index (Phi) is 6.59. The van der Waals surface area contributed by atoms with Gasteiger partial charge in [-0.1, -0.05) is 19.1 Å². The Hall–Kier alpha value is -2.80. The molecule has 1 unspecified atom stereocenters. The lowest BCUT2D eigenvalue weighted by Crippen LogP contribution is -2.32. The minimum absolute atomic E-state index is 0.0965. The van der Waals surface area contributed by atoms with Gasteiger partial charge < -0.3 is 19.5 Å². The Labute approximate surface area is 171 Å². The maximum atomic E-state index is 11.5. The molecule has 29 heavy (non-hydrogen) atoms. The van der Waals surface area contributed by atoms with E-state index in [9.17, 15) is 15.2 Å². The fourth-order valence-corrected chi connectivity index (χ4v) is 3.74. The molecule has 0 spiro atoms. The lowest BCUT2D eigenvalue weighted by molar-refractivity contribution is -0.385. The van der Waals surface area contributed by atoms with E-state index < -0.39 is 11.0 Å². The first-order valence-electron chi connectivity index (χ1n) is 9.85. The smallest absolute Gasteiger partial charge is 0.276 e. The average molecular weight is 400 g/mol. The normalized spacial score (nSPS) is 15.8. The highest BCUT2D eigenvalue weighted by molar-refractivity contribution is 5.55. The zero-order valence-corrected chi connectivity index (χ0v) is 17.1. The fraction of sp³-hybridized carbons (Fsp3) is 0.455. The zero-order chi connectivity index (χ0) is 21.0. The van der Waals surface area contributed by atoms with Crippen LogP contribution >= 0.6 is 0 Å². The molecular formula is C22H28N2O5. The van der Waals surface area contributed by atoms with Crippen LogP contribution in [0.15, 0.2) is 36.4 Å². The highest BCUT2D eigenvalue weighted by Gasteiger charge is 2.22. The van der Waals surface area contributed by atoms with Crippen LogP contribution in [0.3, 0.4) is 0 Å². The number of piperidine rings is 1. The van der Waals surface area contributed by atoms with Crippen molar-refractivity contribution in [2.24, 2.45) is 5.92 Å². The van der Waals surface area contributed by atoms with E-state index in [1.807, 2.05) is 24.3 Å². The van der Waals surface area contributed by atoms with Gasteiger partial charge in [0.2, 0.25) is 0 Å². The van der Waals surface area contributed by atoms with Crippen molar-refractivity contribution in [2.45, 2.75) is 32.3 Å². The van der Waals surface area contributed by atoms with Crippen LogP contribution < -0.4 is 14.4 Å². The largest absolute Gasteiger partial charge is 0.493 e. The van der Waals surface area contributed by atoms with Gasteiger partial charge in [-0.3, -0.25) is 10.1 Å². The van der Waals surface area contributed by atoms with E-state index in [0.717, 1.165) is 30.3 Å². The highest BCUT2D eigenvalue weighted by Crippen LogP contribution is 2.36. The molecule has 0 aromatic heterocycles. The summed E-state index contributed by atoms with van der Waals surface area (Å²) in [7, 11) is 2.91. The summed E-state index contributed by atoms with van der Waals surface area (Å²) in [6.07, 6.45) is 1.63. The molecule has 1 atom stereocenters. The predicted octanol–water partition coefficient (Wildman–Crippen LogP) is 4.12. The quantitative estimate of drug-likeness (QED) is 0.556. The van der Waals surface area contributed by atoms with Crippen molar-refractivity contribution in [3.05, 3.63) is 57.6 Å². The van der Waals surface area contributed by atoms with Crippen LogP contribution in [0, 0.1) is 16.0 Å². The average Bonchev–Trinajstić information content (AvgIpc) is 2.73. The number of rotatable bonds is 7. The lowest BCUT2D eigenvalue weighted by atomic mass is 9.97. The van der Waals surface area contributed by atoms with Crippen molar-refractivity contribution in [1.82, 2.24) is 0 Å². The van der Waals surface area contributed by atoms with Gasteiger partial charge in [-0.15, -0.1) is 0 Å². The van der Waals surface area contributed by atoms with Crippen LogP contribution in [0.4, 0.5) is 11.4 Å². The molecule has 0 saturated carbocycles. The molecule has 156 valence electrons. The number of hydrogen-bond acceptors (Lipinski definition) is 6. The van der Waals surface area contributed by atoms with Gasteiger partial charge in [0, 0.05) is 30.8 Å². The van der Waals surface area contributed by atoms with Gasteiger partial charge in [0.25, 0.3) is 5.69 Å². The number of aliphatic hydroxyl groups is 1. The molecule has 7 heteroatoms. The number of anilines is 1. The number of hydrogen-bond donors (Lipinski definition) is 1. The molecular weight excluding hydrogens is 372 g/mol. The molecule has 0 amide bonds. The summed E-state index contributed by atoms with van der Waals surface area (Å²) in [5.74, 6) is 1.46. The monoisotopic (exact) mass is 400 g/mol. The summed E-state index contributed by atoms with van der Waals surface area (Å²) < 4.78 is 10.4. The number of benzene rings is 2. The third-order valence-corrected chi connectivity index (χ3v) is 5.62. The second kappa shape index (κ2) is 9.13. The Morgan fingerprint density at radius 2 is 1.72 bits per heavy atom. The Bertz CT molecular complexity index is 845. The summed E-state index contributed by atoms with van der Waals surface area (Å²) >= 11 is 0. The van der Waals surface area contributed by atoms with Crippen LogP contribution in [-0.2, 0) is 6.42 Å². The molecule has 2 aromatic rings. The number of nitrogens with zero attached hydrogens (tertiary/aromatic N) is 2. The van der Waals surface area contributed by atoms with Gasteiger partial charge in [0.05, 0.1) is 31.3 Å². The van der Waals surface area contributed by atoms with Crippen LogP contribution in [0.1, 0.15) is 37.0 Å². The molecule has 0 aliphatic carbocycles. The summed E-state index contributed by atoms with van der Waals surface area (Å²) in [6, 6.07) is 10.7. The van der Waals surface area contributed by atoms with Crippen molar-refractivity contribution >= 4 is 11.4 Å². The van der Waals surface area contributed by atoms with Crippen LogP contribution in [0.5, 0.6) is 11.5 Å². The topological polar surface area (TPSA) is 85.1 Å². The van der Waals surface area contributed by atoms with Crippen LogP contribution in [0.2, 0.25) is 0 Å². The molecule has 0 radical (unpaired) electrons. The summed E-state index contributed by atoms with van der Waals surface area (Å²) in [6.45, 7) is 4.37. The molecule has 3 rings (SSSR count). The lowest BCUT2D eigenvalue weighted by Gasteiger charge is -2.32. The molecule has 1 aliphatic rings. The first kappa shape index (κ1) is 20.9. The van der Waals surface area contributed by atoms with Gasteiger partial charge >= 0.3 is 0 Å². The summed E-state index contributed by atoms with van der Waals surface area (Å²) in [5.41, 5.74) is 2.17. The molecule has 0 bridgehead atoms. The maximum absolute atomic E-state index is 11.5. The minimum Gasteiger partial charge on any atom is -0.493 e. The van der Waals surface area contributed by atoms with Gasteiger partial charge in [0.1, 0.15) is 0 Å². The first-order valence-corrected chi connectivity index (χ1v) is 9.85. The number of methoxy groups -OCH3 is 2. The van der Waals surface area contributed by atoms with E-state index in [1.54, 1.807) is 6.07 Å². The SMILES string of the molecule is COc1cc(CC(O)c2ccc(N3CCC(C)CC3)cc2)c([N+](=O)[O-])cc1OC. The number of nitro groups is 1. The molecule has 2 aromatic carbocycles. The Morgan fingerprint density at radius 1 is 1.14 bits per heavy atom. The van der Waals surface area contributed by atoms with Crippen molar-refractivity contribution in [2.75, 3.05) is 32.2 Å². The van der Waals surface area contributed by atoms with Crippen LogP contribution in [-0.4, -0.2) is 37.3 Å². The second-order valence-electron chi connectivity index (χ2n) is 7.57. The van der Waals surface area contributed by atoms with Crippen molar-refractivity contribution in [3.63, 3.8) is 0 Å². The highest BCUT2D eigenvalue weighted by atomic mass is 16.6. The molecule has 1 heterocycles. The van der Waals surface area contributed by atoms with E-state index >= 15 is 0 Å². The van der Waals surface area contributed by atoms with E-state index in [-0.39, 0.29) is 17.9 Å². The Balaban J connectivity index is 1.77. The summed E-state index contributed by atoms with van der Waals surface area (Å²) in [4.78, 5) is 13.4. The van der Waals surface area contributed by atoms with Crippen molar-refractivity contribution in [1.29, 1.82) is 0 Å². The molecule has 1 aliphatic heterocycles. The third-order valence-electron chi connectivity index (χ3n) is 5.62. The van der Waals surface area contributed by atoms with Gasteiger partial charge in [0.15, 0.2) is 11.5 Å². The molecule has 1 fully saturated rings. The number of ether oxygens (including phenoxy) is 2. The maximum Gasteiger partial charge on any atom is 0.276 e. The van der Waals surface area contributed by atoms with E-state index in [4.69, 9.17) is 9.47 Å². The summed E-state index contributed by atoms with van der Waals surface area (Å²) in [5, 5.41) is 22.2. The zero-order valence-electron chi connectivity index (χ0n) is 17.1. The van der Waals surface area contributed by atoms with Gasteiger partial charge in [-0.25, -0.2) is 0 Å². The van der Waals surface area contributed by atoms with Gasteiger partial charge in [-0.2, -0.15) is 0 Å². The number of nitro benzene ring substituents is 1. The van der Waals surface area contributed by atoms with E-state index in [1.165, 1.54) is 33.1 Å². The molecule has 7 nitrogen and oxygen atoms in total. The minimum atomic E-state index is -0.859. The molecule has 1 N–H and O–H groups in total. The first-order chi connectivity index (χ1) is 13.9. The third kappa shape index (κ3) is 4.79. The van der Waals surface area contributed by atoms with E-state index in [0.29, 0.717) is 11.3 Å². The molecule has 1 saturated heterocycles. The van der Waals surface area contributed by atoms with Crippen molar-refractivity contribution < 1.29 is 19.5 Å². The standard InChI is InChI=1S/C22H28N2O5/c1-15-8-10-23(11-9-15)18-6-4-16(5-7-18)20(25)12-17-13-21(28-2)22(29-3)14-19(17)24(26)27/h4-7,13-15,20,25H,8-12H2,1-3H3. The second-order valence-corrected chi connectivity index (χ2v) is 7.57. The van der Waals surface area contributed by atoms with E-state index in [2.05, 4.69) is 11.8 Å². The number of aliphatic hydroxyl groups excluding tert-OH is 1. The Morgan fingerprint density at radius 3 is 2.28 bits per heavy atom. The predicted molar refractivity (Wildman–Crippen MR) is 112 cm³/mol. The van der Waals surface area contributed by atoms with Crippen LogP contribution in [0.25, 0.3) is 0 Å². The van der Waals surface area contributed by atoms with Crippen molar-refractivity contribution in [3.8, 4) is 11.5 Å². The fourth-order valence-electron chi connectivity index (χ4n) is 3.74.